The molecule has 0 saturated carbocycles. The number of aryl methyl sites for hydroxylation is 1. The molecule has 1 unspecified atom stereocenters. The van der Waals surface area contributed by atoms with Gasteiger partial charge in [-0.05, 0) is 29.0 Å². The number of carbonyl (C=O) groups is 1. The van der Waals surface area contributed by atoms with Crippen molar-refractivity contribution >= 4 is 16.7 Å². The molecule has 1 aromatic heterocycles. The largest absolute Gasteiger partial charge is 0.480 e. The standard InChI is InChI=1S/C13H14N2O2/c1-2-8-6-15-7-10-5-9(3-4-11(8)10)12(14)13(16)17/h3-7,12H,2,14H2,1H3,(H,16,17). The van der Waals surface area contributed by atoms with Crippen LogP contribution in [0, 0.1) is 0 Å². The summed E-state index contributed by atoms with van der Waals surface area (Å²) in [6.07, 6.45) is 4.46. The Morgan fingerprint density at radius 2 is 2.24 bits per heavy atom. The van der Waals surface area contributed by atoms with Gasteiger partial charge in [-0.25, -0.2) is 0 Å². The number of aromatic nitrogens is 1. The van der Waals surface area contributed by atoms with Crippen molar-refractivity contribution in [3.05, 3.63) is 41.7 Å². The Balaban J connectivity index is 2.55. The van der Waals surface area contributed by atoms with Crippen LogP contribution in [0.15, 0.2) is 30.6 Å². The van der Waals surface area contributed by atoms with Crippen LogP contribution in [0.4, 0.5) is 0 Å². The number of aliphatic carboxylic acids is 1. The first-order valence-electron chi connectivity index (χ1n) is 5.48. The summed E-state index contributed by atoms with van der Waals surface area (Å²) in [6.45, 7) is 2.06. The first-order chi connectivity index (χ1) is 8.13. The Labute approximate surface area is 99.1 Å². The molecule has 2 aromatic rings. The SMILES string of the molecule is CCc1cncc2cc(C(N)C(=O)O)ccc12. The van der Waals surface area contributed by atoms with Crippen LogP contribution in [0.2, 0.25) is 0 Å². The summed E-state index contributed by atoms with van der Waals surface area (Å²) < 4.78 is 0. The fourth-order valence-corrected chi connectivity index (χ4v) is 1.88. The maximum atomic E-state index is 10.8. The van der Waals surface area contributed by atoms with E-state index in [0.29, 0.717) is 5.56 Å². The molecule has 0 bridgehead atoms. The quantitative estimate of drug-likeness (QED) is 0.844. The average molecular weight is 230 g/mol. The summed E-state index contributed by atoms with van der Waals surface area (Å²) in [7, 11) is 0. The molecule has 17 heavy (non-hydrogen) atoms. The maximum Gasteiger partial charge on any atom is 0.325 e. The van der Waals surface area contributed by atoms with Crippen LogP contribution >= 0.6 is 0 Å². The molecule has 0 aliphatic rings. The Hall–Kier alpha value is -1.94. The molecule has 0 amide bonds. The van der Waals surface area contributed by atoms with Crippen molar-refractivity contribution in [2.45, 2.75) is 19.4 Å². The summed E-state index contributed by atoms with van der Waals surface area (Å²) in [5.41, 5.74) is 7.33. The van der Waals surface area contributed by atoms with Gasteiger partial charge < -0.3 is 10.8 Å². The van der Waals surface area contributed by atoms with Gasteiger partial charge in [-0.2, -0.15) is 0 Å². The number of nitrogens with zero attached hydrogens (tertiary/aromatic N) is 1. The highest BCUT2D eigenvalue weighted by Gasteiger charge is 2.14. The molecule has 1 atom stereocenters. The minimum Gasteiger partial charge on any atom is -0.480 e. The zero-order valence-electron chi connectivity index (χ0n) is 9.55. The van der Waals surface area contributed by atoms with E-state index in [1.165, 1.54) is 0 Å². The summed E-state index contributed by atoms with van der Waals surface area (Å²) >= 11 is 0. The lowest BCUT2D eigenvalue weighted by atomic mass is 10.0. The van der Waals surface area contributed by atoms with E-state index in [1.807, 2.05) is 12.3 Å². The average Bonchev–Trinajstić information content (AvgIpc) is 2.36. The predicted molar refractivity (Wildman–Crippen MR) is 65.7 cm³/mol. The van der Waals surface area contributed by atoms with Gasteiger partial charge in [-0.3, -0.25) is 9.78 Å². The van der Waals surface area contributed by atoms with Gasteiger partial charge in [0.2, 0.25) is 0 Å². The van der Waals surface area contributed by atoms with Gasteiger partial charge in [-0.15, -0.1) is 0 Å². The third-order valence-corrected chi connectivity index (χ3v) is 2.87. The molecule has 0 radical (unpaired) electrons. The van der Waals surface area contributed by atoms with Crippen LogP contribution in [-0.4, -0.2) is 16.1 Å². The summed E-state index contributed by atoms with van der Waals surface area (Å²) in [4.78, 5) is 15.0. The molecular weight excluding hydrogens is 216 g/mol. The van der Waals surface area contributed by atoms with Gasteiger partial charge in [0.1, 0.15) is 6.04 Å². The molecule has 0 saturated heterocycles. The molecule has 0 spiro atoms. The van der Waals surface area contributed by atoms with Crippen molar-refractivity contribution in [3.8, 4) is 0 Å². The molecule has 0 aliphatic carbocycles. The molecule has 1 aromatic carbocycles. The Morgan fingerprint density at radius 3 is 2.88 bits per heavy atom. The highest BCUT2D eigenvalue weighted by molar-refractivity contribution is 5.87. The van der Waals surface area contributed by atoms with Gasteiger partial charge in [0, 0.05) is 17.8 Å². The van der Waals surface area contributed by atoms with Crippen molar-refractivity contribution in [2.24, 2.45) is 5.73 Å². The van der Waals surface area contributed by atoms with Crippen LogP contribution in [0.3, 0.4) is 0 Å². The number of rotatable bonds is 3. The monoisotopic (exact) mass is 230 g/mol. The fourth-order valence-electron chi connectivity index (χ4n) is 1.88. The van der Waals surface area contributed by atoms with Crippen molar-refractivity contribution in [3.63, 3.8) is 0 Å². The number of nitrogens with two attached hydrogens (primary N) is 1. The molecule has 4 nitrogen and oxygen atoms in total. The lowest BCUT2D eigenvalue weighted by molar-refractivity contribution is -0.138. The maximum absolute atomic E-state index is 10.8. The lowest BCUT2D eigenvalue weighted by Gasteiger charge is -2.09. The van der Waals surface area contributed by atoms with Crippen LogP contribution in [0.1, 0.15) is 24.1 Å². The minimum atomic E-state index is -1.02. The second-order valence-corrected chi connectivity index (χ2v) is 3.95. The van der Waals surface area contributed by atoms with Crippen LogP contribution in [0.5, 0.6) is 0 Å². The predicted octanol–water partition coefficient (Wildman–Crippen LogP) is 1.88. The molecule has 2 rings (SSSR count). The third kappa shape index (κ3) is 2.12. The summed E-state index contributed by atoms with van der Waals surface area (Å²) in [6, 6.07) is 4.49. The topological polar surface area (TPSA) is 76.2 Å². The van der Waals surface area contributed by atoms with Crippen molar-refractivity contribution < 1.29 is 9.90 Å². The smallest absolute Gasteiger partial charge is 0.325 e. The molecule has 0 aliphatic heterocycles. The zero-order valence-corrected chi connectivity index (χ0v) is 9.55. The number of fused-ring (bicyclic) bond motifs is 1. The molecule has 1 heterocycles. The van der Waals surface area contributed by atoms with E-state index >= 15 is 0 Å². The van der Waals surface area contributed by atoms with Gasteiger partial charge in [0.25, 0.3) is 0 Å². The van der Waals surface area contributed by atoms with Gasteiger partial charge in [0.15, 0.2) is 0 Å². The van der Waals surface area contributed by atoms with Crippen molar-refractivity contribution in [2.75, 3.05) is 0 Å². The number of hydrogen-bond acceptors (Lipinski definition) is 3. The first-order valence-corrected chi connectivity index (χ1v) is 5.48. The zero-order chi connectivity index (χ0) is 12.4. The highest BCUT2D eigenvalue weighted by Crippen LogP contribution is 2.22. The number of hydrogen-bond donors (Lipinski definition) is 2. The molecule has 88 valence electrons. The van der Waals surface area contributed by atoms with Crippen LogP contribution in [0.25, 0.3) is 10.8 Å². The van der Waals surface area contributed by atoms with Crippen molar-refractivity contribution in [1.82, 2.24) is 4.98 Å². The van der Waals surface area contributed by atoms with Gasteiger partial charge >= 0.3 is 5.97 Å². The minimum absolute atomic E-state index is 0.597. The first kappa shape index (κ1) is 11.5. The fraction of sp³-hybridized carbons (Fsp3) is 0.231. The molecule has 4 heteroatoms. The second-order valence-electron chi connectivity index (χ2n) is 3.95. The normalized spacial score (nSPS) is 12.6. The summed E-state index contributed by atoms with van der Waals surface area (Å²) in [5.74, 6) is -1.02. The number of pyridine rings is 1. The molecule has 0 fully saturated rings. The lowest BCUT2D eigenvalue weighted by Crippen LogP contribution is -2.20. The van der Waals surface area contributed by atoms with E-state index in [-0.39, 0.29) is 0 Å². The number of carboxylic acids is 1. The van der Waals surface area contributed by atoms with Crippen molar-refractivity contribution in [1.29, 1.82) is 0 Å². The second kappa shape index (κ2) is 4.51. The van der Waals surface area contributed by atoms with Gasteiger partial charge in [0.05, 0.1) is 0 Å². The third-order valence-electron chi connectivity index (χ3n) is 2.87. The van der Waals surface area contributed by atoms with E-state index in [1.54, 1.807) is 18.3 Å². The van der Waals surface area contributed by atoms with E-state index < -0.39 is 12.0 Å². The van der Waals surface area contributed by atoms with E-state index in [2.05, 4.69) is 11.9 Å². The number of benzene rings is 1. The van der Waals surface area contributed by atoms with Crippen LogP contribution in [-0.2, 0) is 11.2 Å². The highest BCUT2D eigenvalue weighted by atomic mass is 16.4. The Bertz CT molecular complexity index is 566. The Morgan fingerprint density at radius 1 is 1.47 bits per heavy atom. The molecule has 3 N–H and O–H groups in total. The summed E-state index contributed by atoms with van der Waals surface area (Å²) in [5, 5.41) is 10.9. The number of carboxylic acid groups (broad SMARTS) is 1. The molecular formula is C13H14N2O2. The van der Waals surface area contributed by atoms with E-state index in [0.717, 1.165) is 22.8 Å². The van der Waals surface area contributed by atoms with E-state index in [4.69, 9.17) is 10.8 Å². The van der Waals surface area contributed by atoms with Gasteiger partial charge in [-0.1, -0.05) is 19.1 Å². The Kier molecular flexibility index (Phi) is 3.06. The van der Waals surface area contributed by atoms with E-state index in [9.17, 15) is 4.79 Å². The van der Waals surface area contributed by atoms with Crippen LogP contribution < -0.4 is 5.73 Å².